The molecule has 7 heteroatoms. The highest BCUT2D eigenvalue weighted by Gasteiger charge is 2.25. The number of fused-ring (bicyclic) bond motifs is 1. The largest absolute Gasteiger partial charge is 0.348 e. The number of hydrogen-bond acceptors (Lipinski definition) is 4. The molecule has 1 aliphatic carbocycles. The molecule has 0 unspecified atom stereocenters. The summed E-state index contributed by atoms with van der Waals surface area (Å²) in [6.45, 7) is 4.90. The summed E-state index contributed by atoms with van der Waals surface area (Å²) >= 11 is 0. The van der Waals surface area contributed by atoms with Crippen LogP contribution >= 0.6 is 0 Å². The second kappa shape index (κ2) is 5.19. The van der Waals surface area contributed by atoms with Gasteiger partial charge >= 0.3 is 0 Å². The Morgan fingerprint density at radius 2 is 2.26 bits per heavy atom. The molecule has 1 N–H and O–H groups in total. The second-order valence-corrected chi connectivity index (χ2v) is 5.84. The molecule has 0 aromatic carbocycles. The molecule has 1 amide bonds. The summed E-state index contributed by atoms with van der Waals surface area (Å²) in [7, 11) is 0. The van der Waals surface area contributed by atoms with E-state index in [0.29, 0.717) is 17.4 Å². The Morgan fingerprint density at radius 1 is 1.43 bits per heavy atom. The highest BCUT2D eigenvalue weighted by Crippen LogP contribution is 2.24. The number of amides is 1. The molecule has 7 nitrogen and oxygen atoms in total. The topological polar surface area (TPSA) is 77.1 Å². The molecule has 1 aliphatic rings. The molecule has 4 rings (SSSR count). The summed E-state index contributed by atoms with van der Waals surface area (Å²) < 4.78 is 3.65. The molecule has 23 heavy (non-hydrogen) atoms. The normalized spacial score (nSPS) is 14.3. The summed E-state index contributed by atoms with van der Waals surface area (Å²) in [5, 5.41) is 11.8. The zero-order valence-electron chi connectivity index (χ0n) is 13.2. The van der Waals surface area contributed by atoms with Gasteiger partial charge in [-0.2, -0.15) is 10.2 Å². The fourth-order valence-electron chi connectivity index (χ4n) is 2.71. The van der Waals surface area contributed by atoms with E-state index in [1.54, 1.807) is 16.8 Å². The SMILES string of the molecule is CCn1ncc(-c2ccnc3cc(C(=O)NC4CC4)nn23)c1C. The molecule has 0 spiro atoms. The third-order valence-electron chi connectivity index (χ3n) is 4.18. The van der Waals surface area contributed by atoms with Crippen LogP contribution in [0.15, 0.2) is 24.5 Å². The van der Waals surface area contributed by atoms with Crippen LogP contribution in [0, 0.1) is 6.92 Å². The zero-order valence-corrected chi connectivity index (χ0v) is 13.2. The van der Waals surface area contributed by atoms with Gasteiger partial charge in [-0.25, -0.2) is 9.50 Å². The van der Waals surface area contributed by atoms with Crippen molar-refractivity contribution in [2.24, 2.45) is 0 Å². The summed E-state index contributed by atoms with van der Waals surface area (Å²) in [6, 6.07) is 3.93. The number of carbonyl (C=O) groups is 1. The van der Waals surface area contributed by atoms with Crippen molar-refractivity contribution in [2.45, 2.75) is 39.3 Å². The Balaban J connectivity index is 1.79. The number of carbonyl (C=O) groups excluding carboxylic acids is 1. The molecule has 1 fully saturated rings. The molecule has 3 heterocycles. The van der Waals surface area contributed by atoms with E-state index in [0.717, 1.165) is 36.3 Å². The van der Waals surface area contributed by atoms with Crippen molar-refractivity contribution in [1.82, 2.24) is 29.7 Å². The van der Waals surface area contributed by atoms with Gasteiger partial charge in [0.05, 0.1) is 11.9 Å². The Labute approximate surface area is 133 Å². The molecule has 1 saturated carbocycles. The van der Waals surface area contributed by atoms with Gasteiger partial charge in [-0.1, -0.05) is 0 Å². The van der Waals surface area contributed by atoms with Crippen molar-refractivity contribution in [2.75, 3.05) is 0 Å². The Bertz CT molecular complexity index is 889. The lowest BCUT2D eigenvalue weighted by Crippen LogP contribution is -2.25. The van der Waals surface area contributed by atoms with Crippen LogP contribution < -0.4 is 5.32 Å². The summed E-state index contributed by atoms with van der Waals surface area (Å²) in [5.74, 6) is -0.134. The molecule has 3 aromatic heterocycles. The number of rotatable bonds is 4. The number of hydrogen-bond donors (Lipinski definition) is 1. The molecule has 0 bridgehead atoms. The van der Waals surface area contributed by atoms with Crippen LogP contribution in [0.1, 0.15) is 35.9 Å². The van der Waals surface area contributed by atoms with Gasteiger partial charge < -0.3 is 5.32 Å². The van der Waals surface area contributed by atoms with Crippen LogP contribution in [-0.2, 0) is 6.54 Å². The van der Waals surface area contributed by atoms with E-state index in [1.165, 1.54) is 0 Å². The average Bonchev–Trinajstić information content (AvgIpc) is 3.12. The van der Waals surface area contributed by atoms with E-state index in [9.17, 15) is 4.79 Å². The minimum absolute atomic E-state index is 0.134. The van der Waals surface area contributed by atoms with Gasteiger partial charge in [0.1, 0.15) is 0 Å². The lowest BCUT2D eigenvalue weighted by Gasteiger charge is -2.04. The number of aromatic nitrogens is 5. The molecule has 0 radical (unpaired) electrons. The first-order valence-corrected chi connectivity index (χ1v) is 7.86. The third-order valence-corrected chi connectivity index (χ3v) is 4.18. The van der Waals surface area contributed by atoms with Gasteiger partial charge in [-0.05, 0) is 32.8 Å². The maximum atomic E-state index is 12.2. The van der Waals surface area contributed by atoms with Crippen LogP contribution in [-0.4, -0.2) is 36.3 Å². The monoisotopic (exact) mass is 310 g/mol. The quantitative estimate of drug-likeness (QED) is 0.797. The molecule has 0 atom stereocenters. The molecule has 3 aromatic rings. The fraction of sp³-hybridized carbons (Fsp3) is 0.375. The third kappa shape index (κ3) is 2.38. The predicted molar refractivity (Wildman–Crippen MR) is 85.1 cm³/mol. The standard InChI is InChI=1S/C16H18N6O/c1-3-21-10(2)12(9-18-21)14-6-7-17-15-8-13(20-22(14)15)16(23)19-11-4-5-11/h6-9,11H,3-5H2,1-2H3,(H,19,23). The first-order chi connectivity index (χ1) is 11.2. The first-order valence-electron chi connectivity index (χ1n) is 7.86. The van der Waals surface area contributed by atoms with Crippen molar-refractivity contribution in [3.8, 4) is 11.3 Å². The minimum atomic E-state index is -0.134. The van der Waals surface area contributed by atoms with Crippen molar-refractivity contribution >= 4 is 11.6 Å². The maximum absolute atomic E-state index is 12.2. The van der Waals surface area contributed by atoms with Crippen molar-refractivity contribution < 1.29 is 4.79 Å². The van der Waals surface area contributed by atoms with Crippen molar-refractivity contribution in [3.63, 3.8) is 0 Å². The Kier molecular flexibility index (Phi) is 3.14. The van der Waals surface area contributed by atoms with E-state index < -0.39 is 0 Å². The Hall–Kier alpha value is -2.70. The van der Waals surface area contributed by atoms with Gasteiger partial charge in [-0.15, -0.1) is 0 Å². The van der Waals surface area contributed by atoms with E-state index in [1.807, 2.05) is 23.9 Å². The molecule has 0 saturated heterocycles. The van der Waals surface area contributed by atoms with Gasteiger partial charge in [0.25, 0.3) is 5.91 Å². The van der Waals surface area contributed by atoms with Gasteiger partial charge in [-0.3, -0.25) is 9.48 Å². The number of nitrogens with one attached hydrogen (secondary N) is 1. The number of aryl methyl sites for hydroxylation is 1. The second-order valence-electron chi connectivity index (χ2n) is 5.84. The zero-order chi connectivity index (χ0) is 16.0. The average molecular weight is 310 g/mol. The van der Waals surface area contributed by atoms with Crippen LogP contribution in [0.5, 0.6) is 0 Å². The molecule has 0 aliphatic heterocycles. The van der Waals surface area contributed by atoms with Crippen LogP contribution in [0.3, 0.4) is 0 Å². The molecule has 118 valence electrons. The van der Waals surface area contributed by atoms with E-state index in [4.69, 9.17) is 0 Å². The van der Waals surface area contributed by atoms with E-state index in [2.05, 4.69) is 27.4 Å². The lowest BCUT2D eigenvalue weighted by atomic mass is 10.2. The highest BCUT2D eigenvalue weighted by atomic mass is 16.2. The molecular weight excluding hydrogens is 292 g/mol. The summed E-state index contributed by atoms with van der Waals surface area (Å²) in [5.41, 5.74) is 4.01. The minimum Gasteiger partial charge on any atom is -0.348 e. The number of nitrogens with zero attached hydrogens (tertiary/aromatic N) is 5. The van der Waals surface area contributed by atoms with Crippen LogP contribution in [0.4, 0.5) is 0 Å². The maximum Gasteiger partial charge on any atom is 0.272 e. The first kappa shape index (κ1) is 13.9. The van der Waals surface area contributed by atoms with Crippen LogP contribution in [0.2, 0.25) is 0 Å². The molecular formula is C16H18N6O. The van der Waals surface area contributed by atoms with Crippen molar-refractivity contribution in [3.05, 3.63) is 35.9 Å². The van der Waals surface area contributed by atoms with Gasteiger partial charge in [0.2, 0.25) is 0 Å². The summed E-state index contributed by atoms with van der Waals surface area (Å²) in [6.07, 6.45) is 5.67. The van der Waals surface area contributed by atoms with Crippen molar-refractivity contribution in [1.29, 1.82) is 0 Å². The summed E-state index contributed by atoms with van der Waals surface area (Å²) in [4.78, 5) is 16.5. The predicted octanol–water partition coefficient (Wildman–Crippen LogP) is 1.81. The lowest BCUT2D eigenvalue weighted by molar-refractivity contribution is 0.0946. The fourth-order valence-corrected chi connectivity index (χ4v) is 2.71. The van der Waals surface area contributed by atoms with Gasteiger partial charge in [0.15, 0.2) is 11.3 Å². The van der Waals surface area contributed by atoms with Gasteiger partial charge in [0, 0.05) is 36.1 Å². The smallest absolute Gasteiger partial charge is 0.272 e. The van der Waals surface area contributed by atoms with Crippen LogP contribution in [0.25, 0.3) is 16.9 Å². The Morgan fingerprint density at radius 3 is 2.96 bits per heavy atom. The highest BCUT2D eigenvalue weighted by molar-refractivity contribution is 5.93. The van der Waals surface area contributed by atoms with E-state index >= 15 is 0 Å². The van der Waals surface area contributed by atoms with E-state index in [-0.39, 0.29) is 5.91 Å².